The topological polar surface area (TPSA) is 78.5 Å². The molecular formula is C23H20N6O2+2. The number of benzene rings is 2. The van der Waals surface area contributed by atoms with Crippen molar-refractivity contribution < 1.29 is 18.6 Å². The van der Waals surface area contributed by atoms with Crippen LogP contribution in [0.1, 0.15) is 11.1 Å². The fourth-order valence-corrected chi connectivity index (χ4v) is 3.91. The molecule has 3 aliphatic rings. The Morgan fingerprint density at radius 2 is 1.16 bits per heavy atom. The molecule has 0 saturated heterocycles. The maximum Gasteiger partial charge on any atom is 0.716 e. The van der Waals surface area contributed by atoms with E-state index in [-0.39, 0.29) is 11.4 Å². The maximum atomic E-state index is 9.86. The summed E-state index contributed by atoms with van der Waals surface area (Å²) in [5.41, 5.74) is 3.85. The second kappa shape index (κ2) is 6.35. The zero-order valence-corrected chi connectivity index (χ0v) is 17.6. The van der Waals surface area contributed by atoms with Gasteiger partial charge in [0.1, 0.15) is 0 Å². The minimum absolute atomic E-state index is 0.168. The van der Waals surface area contributed by atoms with Crippen LogP contribution in [0, 0.1) is 22.7 Å². The van der Waals surface area contributed by atoms with E-state index in [0.29, 0.717) is 11.5 Å². The second-order valence-corrected chi connectivity index (χ2v) is 7.90. The van der Waals surface area contributed by atoms with Crippen LogP contribution in [0.25, 0.3) is 0 Å². The average Bonchev–Trinajstić information content (AvgIpc) is 3.02. The number of allylic oxidation sites excluding steroid dienone is 2. The van der Waals surface area contributed by atoms with Gasteiger partial charge in [-0.15, -0.1) is 0 Å². The van der Waals surface area contributed by atoms with Crippen LogP contribution in [0.15, 0.2) is 47.8 Å². The average molecular weight is 412 g/mol. The van der Waals surface area contributed by atoms with E-state index in [1.54, 1.807) is 21.6 Å². The number of anilines is 2. The Balaban J connectivity index is 1.75. The van der Waals surface area contributed by atoms with Gasteiger partial charge >= 0.3 is 17.4 Å². The molecule has 0 amide bonds. The van der Waals surface area contributed by atoms with Crippen molar-refractivity contribution in [2.45, 2.75) is 6.03 Å². The first-order valence-corrected chi connectivity index (χ1v) is 9.71. The number of fused-ring (bicyclic) bond motifs is 2. The first-order chi connectivity index (χ1) is 14.9. The van der Waals surface area contributed by atoms with E-state index >= 15 is 0 Å². The van der Waals surface area contributed by atoms with E-state index in [0.717, 1.165) is 22.5 Å². The summed E-state index contributed by atoms with van der Waals surface area (Å²) >= 11 is 0. The van der Waals surface area contributed by atoms with Crippen LogP contribution in [0.5, 0.6) is 11.5 Å². The van der Waals surface area contributed by atoms with E-state index in [1.807, 2.05) is 74.4 Å². The summed E-state index contributed by atoms with van der Waals surface area (Å²) in [5, 5.41) is 19.7. The van der Waals surface area contributed by atoms with Gasteiger partial charge in [0.15, 0.2) is 36.1 Å². The predicted octanol–water partition coefficient (Wildman–Crippen LogP) is 2.05. The van der Waals surface area contributed by atoms with E-state index in [9.17, 15) is 10.5 Å². The highest BCUT2D eigenvalue weighted by atomic mass is 16.7. The molecule has 2 aromatic rings. The van der Waals surface area contributed by atoms with Crippen LogP contribution >= 0.6 is 0 Å². The number of ether oxygens (including phenoxy) is 2. The van der Waals surface area contributed by atoms with Crippen LogP contribution in [0.4, 0.5) is 11.4 Å². The number of rotatable bonds is 2. The molecular weight excluding hydrogens is 392 g/mol. The molecule has 1 spiro atoms. The Hall–Kier alpha value is -4.30. The summed E-state index contributed by atoms with van der Waals surface area (Å²) < 4.78 is 16.1. The molecule has 0 radical (unpaired) electrons. The van der Waals surface area contributed by atoms with Crippen LogP contribution < -0.4 is 19.3 Å². The van der Waals surface area contributed by atoms with Gasteiger partial charge in [0, 0.05) is 51.7 Å². The Bertz CT molecular complexity index is 1220. The first-order valence-electron chi connectivity index (χ1n) is 9.71. The molecule has 2 aromatic carbocycles. The standard InChI is InChI=1S/C23H20N6O2/c1-26(2)17-7-5-15-13-28-19(11-24)20(12-25)29-14-16-6-8-18(27(3)4)10-22(16)31-23(28,29)30-21(15)9-17/h5-10,13-14H,1-4H3/q+2. The molecule has 0 N–H and O–H groups in total. The Morgan fingerprint density at radius 1 is 0.742 bits per heavy atom. The van der Waals surface area contributed by atoms with Crippen molar-refractivity contribution >= 4 is 23.8 Å². The van der Waals surface area contributed by atoms with Crippen molar-refractivity contribution in [2.24, 2.45) is 0 Å². The highest BCUT2D eigenvalue weighted by Gasteiger charge is 2.74. The lowest BCUT2D eigenvalue weighted by atomic mass is 10.1. The summed E-state index contributed by atoms with van der Waals surface area (Å²) in [6.45, 7) is 0. The van der Waals surface area contributed by atoms with Crippen LogP contribution in [-0.2, 0) is 0 Å². The monoisotopic (exact) mass is 412 g/mol. The van der Waals surface area contributed by atoms with Crippen molar-refractivity contribution in [3.05, 3.63) is 58.9 Å². The summed E-state index contributed by atoms with van der Waals surface area (Å²) in [5.74, 6) is 1.20. The van der Waals surface area contributed by atoms with Gasteiger partial charge in [0.05, 0.1) is 11.1 Å². The van der Waals surface area contributed by atoms with Crippen molar-refractivity contribution in [1.82, 2.24) is 0 Å². The van der Waals surface area contributed by atoms with E-state index < -0.39 is 6.03 Å². The van der Waals surface area contributed by atoms with E-state index in [2.05, 4.69) is 12.1 Å². The first kappa shape index (κ1) is 18.7. The molecule has 8 nitrogen and oxygen atoms in total. The normalized spacial score (nSPS) is 16.7. The Kier molecular flexibility index (Phi) is 3.83. The van der Waals surface area contributed by atoms with E-state index in [1.165, 1.54) is 0 Å². The third-order valence-electron chi connectivity index (χ3n) is 5.58. The van der Waals surface area contributed by atoms with Gasteiger partial charge in [-0.25, -0.2) is 0 Å². The molecule has 3 aliphatic heterocycles. The van der Waals surface area contributed by atoms with Gasteiger partial charge in [-0.1, -0.05) is 0 Å². The van der Waals surface area contributed by atoms with Crippen molar-refractivity contribution in [1.29, 1.82) is 10.5 Å². The molecule has 0 fully saturated rings. The highest BCUT2D eigenvalue weighted by Crippen LogP contribution is 2.42. The van der Waals surface area contributed by atoms with Crippen LogP contribution in [-0.4, -0.2) is 55.8 Å². The quantitative estimate of drug-likeness (QED) is 0.703. The largest absolute Gasteiger partial charge is 0.716 e. The van der Waals surface area contributed by atoms with Crippen molar-refractivity contribution in [3.63, 3.8) is 0 Å². The lowest BCUT2D eigenvalue weighted by Gasteiger charge is -2.27. The maximum absolute atomic E-state index is 9.86. The summed E-state index contributed by atoms with van der Waals surface area (Å²) in [6, 6.07) is 14.4. The van der Waals surface area contributed by atoms with E-state index in [4.69, 9.17) is 9.47 Å². The number of nitrogens with zero attached hydrogens (tertiary/aromatic N) is 6. The molecule has 3 heterocycles. The molecule has 0 bridgehead atoms. The van der Waals surface area contributed by atoms with Gasteiger partial charge < -0.3 is 19.3 Å². The third kappa shape index (κ3) is 2.52. The van der Waals surface area contributed by atoms with Crippen molar-refractivity contribution in [3.8, 4) is 23.6 Å². The summed E-state index contributed by atoms with van der Waals surface area (Å²) in [6.07, 6.45) is 3.59. The van der Waals surface area contributed by atoms with Gasteiger partial charge in [0.2, 0.25) is 0 Å². The Labute approximate surface area is 180 Å². The lowest BCUT2D eigenvalue weighted by molar-refractivity contribution is -0.848. The molecule has 31 heavy (non-hydrogen) atoms. The third-order valence-corrected chi connectivity index (χ3v) is 5.58. The zero-order chi connectivity index (χ0) is 21.9. The van der Waals surface area contributed by atoms with Gasteiger partial charge in [0.25, 0.3) is 0 Å². The molecule has 0 aromatic heterocycles. The van der Waals surface area contributed by atoms with Gasteiger partial charge in [-0.3, -0.25) is 0 Å². The van der Waals surface area contributed by atoms with Gasteiger partial charge in [-0.2, -0.15) is 10.5 Å². The van der Waals surface area contributed by atoms with Crippen molar-refractivity contribution in [2.75, 3.05) is 38.0 Å². The molecule has 0 atom stereocenters. The van der Waals surface area contributed by atoms with Gasteiger partial charge in [-0.05, 0) is 33.4 Å². The second-order valence-electron chi connectivity index (χ2n) is 7.90. The zero-order valence-electron chi connectivity index (χ0n) is 17.6. The number of nitriles is 2. The minimum atomic E-state index is -1.52. The fourth-order valence-electron chi connectivity index (χ4n) is 3.91. The SMILES string of the molecule is CN(C)c1ccc2c(c1)OC13Oc4cc(N(C)C)ccc4C=[N+]1C(C#N)=C(C#N)[N+]3=C2. The molecule has 8 heteroatoms. The Morgan fingerprint density at radius 3 is 1.52 bits per heavy atom. The number of hydrogen-bond acceptors (Lipinski definition) is 6. The molecule has 152 valence electrons. The highest BCUT2D eigenvalue weighted by molar-refractivity contribution is 5.85. The predicted molar refractivity (Wildman–Crippen MR) is 115 cm³/mol. The molecule has 0 aliphatic carbocycles. The smallest absolute Gasteiger partial charge is 0.378 e. The minimum Gasteiger partial charge on any atom is -0.378 e. The fraction of sp³-hybridized carbons (Fsp3) is 0.217. The van der Waals surface area contributed by atoms with Crippen LogP contribution in [0.2, 0.25) is 0 Å². The summed E-state index contributed by atoms with van der Waals surface area (Å²) in [4.78, 5) is 3.96. The summed E-state index contributed by atoms with van der Waals surface area (Å²) in [7, 11) is 7.81. The lowest BCUT2D eigenvalue weighted by Crippen LogP contribution is -2.60. The molecule has 5 rings (SSSR count). The molecule has 0 saturated carbocycles. The number of hydrogen-bond donors (Lipinski definition) is 0. The van der Waals surface area contributed by atoms with Crippen LogP contribution in [0.3, 0.4) is 0 Å². The molecule has 0 unspecified atom stereocenters.